The van der Waals surface area contributed by atoms with Gasteiger partial charge >= 0.3 is 6.18 Å². The summed E-state index contributed by atoms with van der Waals surface area (Å²) in [7, 11) is 2.16. The van der Waals surface area contributed by atoms with Crippen molar-refractivity contribution in [3.8, 4) is 0 Å². The lowest BCUT2D eigenvalue weighted by molar-refractivity contribution is -0.880. The number of carbonyl (C=O) groups excluding carboxylic acids is 1. The number of amides is 1. The first-order chi connectivity index (χ1) is 14.6. The molecule has 3 aromatic rings. The highest BCUT2D eigenvalue weighted by Gasteiger charge is 2.31. The summed E-state index contributed by atoms with van der Waals surface area (Å²) in [6.45, 7) is 7.37. The Morgan fingerprint density at radius 3 is 2.58 bits per heavy atom. The number of likely N-dealkylation sites (N-methyl/N-ethyl adjacent to an activating group) is 1. The number of hydrogen-bond donors (Lipinski definition) is 2. The predicted molar refractivity (Wildman–Crippen MR) is 115 cm³/mol. The molecule has 1 aromatic carbocycles. The van der Waals surface area contributed by atoms with Gasteiger partial charge in [0.25, 0.3) is 5.91 Å². The van der Waals surface area contributed by atoms with Gasteiger partial charge in [0.15, 0.2) is 0 Å². The Labute approximate surface area is 181 Å². The minimum absolute atomic E-state index is 0.0983. The largest absolute Gasteiger partial charge is 0.416 e. The highest BCUT2D eigenvalue weighted by atomic mass is 32.1. The molecule has 0 radical (unpaired) electrons. The Hall–Kier alpha value is -2.72. The van der Waals surface area contributed by atoms with Crippen molar-refractivity contribution in [1.29, 1.82) is 0 Å². The monoisotopic (exact) mass is 450 g/mol. The van der Waals surface area contributed by atoms with Crippen LogP contribution in [0.15, 0.2) is 24.3 Å². The smallest absolute Gasteiger partial charge is 0.345 e. The molecule has 3 heterocycles. The molecule has 0 atom stereocenters. The molecule has 2 N–H and O–H groups in total. The third kappa shape index (κ3) is 4.35. The van der Waals surface area contributed by atoms with E-state index in [-0.39, 0.29) is 5.69 Å². The van der Waals surface area contributed by atoms with Crippen molar-refractivity contribution in [2.45, 2.75) is 20.0 Å². The summed E-state index contributed by atoms with van der Waals surface area (Å²) in [5.74, 6) is 0.993. The molecule has 10 heteroatoms. The van der Waals surface area contributed by atoms with Crippen molar-refractivity contribution < 1.29 is 22.9 Å². The van der Waals surface area contributed by atoms with E-state index in [0.717, 1.165) is 55.1 Å². The fourth-order valence-corrected chi connectivity index (χ4v) is 4.84. The van der Waals surface area contributed by atoms with Gasteiger partial charge in [-0.25, -0.2) is 9.97 Å². The quantitative estimate of drug-likeness (QED) is 0.644. The number of hydrogen-bond acceptors (Lipinski definition) is 5. The third-order valence-corrected chi connectivity index (χ3v) is 6.64. The first-order valence-corrected chi connectivity index (χ1v) is 10.8. The highest BCUT2D eigenvalue weighted by molar-refractivity contribution is 7.20. The number of quaternary nitrogens is 1. The van der Waals surface area contributed by atoms with Gasteiger partial charge in [-0.1, -0.05) is 6.07 Å². The van der Waals surface area contributed by atoms with Gasteiger partial charge < -0.3 is 15.1 Å². The standard InChI is InChI=1S/C21H22F3N5OS/c1-12-16-18(29-9-7-28(3)8-10-29)25-13(2)26-20(16)31-17(12)19(30)27-15-6-4-5-14(11-15)21(22,23)24/h4-6,11H,7-10H2,1-3H3,(H,27,30)/p+1. The average Bonchev–Trinajstić information content (AvgIpc) is 3.04. The minimum atomic E-state index is -4.47. The number of fused-ring (bicyclic) bond motifs is 1. The Bertz CT molecular complexity index is 1140. The van der Waals surface area contributed by atoms with Gasteiger partial charge in [-0.2, -0.15) is 13.2 Å². The summed E-state index contributed by atoms with van der Waals surface area (Å²) in [4.78, 5) is 26.9. The van der Waals surface area contributed by atoms with Crippen molar-refractivity contribution in [3.05, 3.63) is 46.1 Å². The van der Waals surface area contributed by atoms with Crippen LogP contribution in [0.25, 0.3) is 10.2 Å². The molecule has 1 aliphatic rings. The molecule has 0 aliphatic carbocycles. The summed E-state index contributed by atoms with van der Waals surface area (Å²) in [5.41, 5.74) is 0.0336. The van der Waals surface area contributed by atoms with Crippen LogP contribution in [-0.2, 0) is 6.18 Å². The zero-order valence-corrected chi connectivity index (χ0v) is 18.2. The number of alkyl halides is 3. The molecule has 1 fully saturated rings. The second kappa shape index (κ2) is 8.08. The predicted octanol–water partition coefficient (Wildman–Crippen LogP) is 2.91. The van der Waals surface area contributed by atoms with Gasteiger partial charge in [0.2, 0.25) is 0 Å². The molecule has 1 amide bonds. The minimum Gasteiger partial charge on any atom is -0.345 e. The van der Waals surface area contributed by atoms with Crippen molar-refractivity contribution in [2.75, 3.05) is 43.4 Å². The van der Waals surface area contributed by atoms with Crippen LogP contribution in [0.5, 0.6) is 0 Å². The Morgan fingerprint density at radius 2 is 1.90 bits per heavy atom. The normalized spacial score (nSPS) is 15.5. The summed E-state index contributed by atoms with van der Waals surface area (Å²) < 4.78 is 38.9. The number of nitrogens with one attached hydrogen (secondary N) is 2. The summed E-state index contributed by atoms with van der Waals surface area (Å²) in [6.07, 6.45) is -4.47. The van der Waals surface area contributed by atoms with Crippen LogP contribution in [-0.4, -0.2) is 49.1 Å². The molecule has 1 aliphatic heterocycles. The van der Waals surface area contributed by atoms with E-state index < -0.39 is 17.6 Å². The van der Waals surface area contributed by atoms with Gasteiger partial charge in [-0.05, 0) is 37.6 Å². The van der Waals surface area contributed by atoms with E-state index in [1.807, 2.05) is 13.8 Å². The van der Waals surface area contributed by atoms with Crippen molar-refractivity contribution in [1.82, 2.24) is 9.97 Å². The van der Waals surface area contributed by atoms with Crippen LogP contribution < -0.4 is 15.1 Å². The number of benzene rings is 1. The molecule has 31 heavy (non-hydrogen) atoms. The SMILES string of the molecule is Cc1nc(N2CC[NH+](C)CC2)c2c(C)c(C(=O)Nc3cccc(C(F)(F)F)c3)sc2n1. The van der Waals surface area contributed by atoms with Crippen LogP contribution in [0.2, 0.25) is 0 Å². The van der Waals surface area contributed by atoms with E-state index in [1.54, 1.807) is 0 Å². The number of aromatic nitrogens is 2. The van der Waals surface area contributed by atoms with E-state index in [2.05, 4.69) is 27.2 Å². The fraction of sp³-hybridized carbons (Fsp3) is 0.381. The van der Waals surface area contributed by atoms with Gasteiger partial charge in [0, 0.05) is 5.69 Å². The van der Waals surface area contributed by atoms with E-state index in [1.165, 1.54) is 28.4 Å². The zero-order valence-electron chi connectivity index (χ0n) is 17.4. The van der Waals surface area contributed by atoms with E-state index in [4.69, 9.17) is 0 Å². The molecule has 0 saturated carbocycles. The molecule has 2 aromatic heterocycles. The summed E-state index contributed by atoms with van der Waals surface area (Å²) in [5, 5.41) is 3.44. The molecule has 4 rings (SSSR count). The number of thiophene rings is 1. The molecular weight excluding hydrogens is 427 g/mol. The number of carbonyl (C=O) groups is 1. The third-order valence-electron chi connectivity index (χ3n) is 5.45. The van der Waals surface area contributed by atoms with E-state index >= 15 is 0 Å². The average molecular weight is 451 g/mol. The van der Waals surface area contributed by atoms with E-state index in [9.17, 15) is 18.0 Å². The Balaban J connectivity index is 1.68. The molecule has 0 bridgehead atoms. The lowest BCUT2D eigenvalue weighted by Gasteiger charge is -2.31. The number of aryl methyl sites for hydroxylation is 2. The van der Waals surface area contributed by atoms with Crippen LogP contribution in [0.3, 0.4) is 0 Å². The van der Waals surface area contributed by atoms with Crippen molar-refractivity contribution in [3.63, 3.8) is 0 Å². The maximum Gasteiger partial charge on any atom is 0.416 e. The number of anilines is 2. The summed E-state index contributed by atoms with van der Waals surface area (Å²) in [6, 6.07) is 4.63. The number of rotatable bonds is 3. The topological polar surface area (TPSA) is 62.6 Å². The van der Waals surface area contributed by atoms with Crippen LogP contribution in [0, 0.1) is 13.8 Å². The molecular formula is C21H23F3N5OS+. The molecule has 0 spiro atoms. The van der Waals surface area contributed by atoms with Crippen LogP contribution >= 0.6 is 11.3 Å². The maximum atomic E-state index is 13.0. The second-order valence-corrected chi connectivity index (χ2v) is 8.81. The van der Waals surface area contributed by atoms with Crippen LogP contribution in [0.4, 0.5) is 24.7 Å². The first-order valence-electron chi connectivity index (χ1n) is 9.96. The number of halogens is 3. The van der Waals surface area contributed by atoms with Gasteiger partial charge in [0.05, 0.1) is 49.1 Å². The lowest BCUT2D eigenvalue weighted by atomic mass is 10.1. The zero-order chi connectivity index (χ0) is 22.3. The van der Waals surface area contributed by atoms with Gasteiger partial charge in [-0.3, -0.25) is 4.79 Å². The molecule has 6 nitrogen and oxygen atoms in total. The van der Waals surface area contributed by atoms with E-state index in [0.29, 0.717) is 15.5 Å². The lowest BCUT2D eigenvalue weighted by Crippen LogP contribution is -3.12. The van der Waals surface area contributed by atoms with Crippen molar-refractivity contribution >= 4 is 39.0 Å². The van der Waals surface area contributed by atoms with Crippen LogP contribution in [0.1, 0.15) is 26.6 Å². The second-order valence-electron chi connectivity index (χ2n) is 7.81. The fourth-order valence-electron chi connectivity index (χ4n) is 3.73. The molecule has 1 saturated heterocycles. The highest BCUT2D eigenvalue weighted by Crippen LogP contribution is 2.36. The molecule has 164 valence electrons. The molecule has 0 unspecified atom stereocenters. The number of piperazine rings is 1. The number of nitrogens with zero attached hydrogens (tertiary/aromatic N) is 3. The first kappa shape index (κ1) is 21.5. The van der Waals surface area contributed by atoms with Crippen molar-refractivity contribution in [2.24, 2.45) is 0 Å². The Kier molecular flexibility index (Phi) is 5.61. The summed E-state index contributed by atoms with van der Waals surface area (Å²) >= 11 is 1.24. The van der Waals surface area contributed by atoms with Gasteiger partial charge in [0.1, 0.15) is 16.5 Å². The van der Waals surface area contributed by atoms with Gasteiger partial charge in [-0.15, -0.1) is 11.3 Å². The maximum absolute atomic E-state index is 13.0. The Morgan fingerprint density at radius 1 is 1.19 bits per heavy atom.